The van der Waals surface area contributed by atoms with Gasteiger partial charge in [0.15, 0.2) is 0 Å². The first-order chi connectivity index (χ1) is 15.6. The quantitative estimate of drug-likeness (QED) is 0.522. The Morgan fingerprint density at radius 2 is 1.78 bits per heavy atom. The lowest BCUT2D eigenvalue weighted by Crippen LogP contribution is -2.40. The summed E-state index contributed by atoms with van der Waals surface area (Å²) in [6.45, 7) is 0.478. The summed E-state index contributed by atoms with van der Waals surface area (Å²) in [5.74, 6) is -0.466. The number of nitrogens with one attached hydrogen (secondary N) is 3. The molecule has 32 heavy (non-hydrogen) atoms. The molecular formula is C25H26N4O3. The molecule has 0 atom stereocenters. The first kappa shape index (κ1) is 20.3. The molecule has 5 rings (SSSR count). The number of para-hydroxylation sites is 1. The van der Waals surface area contributed by atoms with Gasteiger partial charge in [0.05, 0.1) is 11.1 Å². The second-order valence-corrected chi connectivity index (χ2v) is 8.52. The number of hydrogen-bond donors (Lipinski definition) is 3. The zero-order chi connectivity index (χ0) is 22.1. The number of aromatic nitrogens is 1. The summed E-state index contributed by atoms with van der Waals surface area (Å²) in [6.07, 6.45) is 7.65. The fraction of sp³-hybridized carbons (Fsp3) is 0.320. The van der Waals surface area contributed by atoms with Gasteiger partial charge in [0, 0.05) is 35.4 Å². The van der Waals surface area contributed by atoms with Crippen molar-refractivity contribution in [3.8, 4) is 0 Å². The van der Waals surface area contributed by atoms with Gasteiger partial charge in [0.2, 0.25) is 0 Å². The van der Waals surface area contributed by atoms with Crippen molar-refractivity contribution in [2.24, 2.45) is 0 Å². The minimum Gasteiger partial charge on any atom is -0.361 e. The van der Waals surface area contributed by atoms with E-state index < -0.39 is 0 Å². The molecule has 0 spiro atoms. The molecule has 4 amide bonds. The normalized spacial score (nSPS) is 16.4. The maximum absolute atomic E-state index is 12.9. The highest BCUT2D eigenvalue weighted by Gasteiger charge is 2.40. The second kappa shape index (κ2) is 8.49. The summed E-state index contributed by atoms with van der Waals surface area (Å²) in [5, 5.41) is 6.79. The molecule has 2 aromatic carbocycles. The van der Waals surface area contributed by atoms with E-state index in [4.69, 9.17) is 0 Å². The van der Waals surface area contributed by atoms with Gasteiger partial charge in [-0.05, 0) is 49.1 Å². The van der Waals surface area contributed by atoms with Crippen LogP contribution < -0.4 is 10.6 Å². The highest BCUT2D eigenvalue weighted by molar-refractivity contribution is 6.22. The number of benzene rings is 2. The van der Waals surface area contributed by atoms with Crippen LogP contribution in [0.4, 0.5) is 10.5 Å². The number of urea groups is 1. The van der Waals surface area contributed by atoms with Crippen LogP contribution in [0, 0.1) is 0 Å². The molecule has 1 aromatic heterocycles. The number of H-pyrrole nitrogens is 1. The van der Waals surface area contributed by atoms with E-state index in [1.165, 1.54) is 4.90 Å². The van der Waals surface area contributed by atoms with Crippen LogP contribution >= 0.6 is 0 Å². The molecule has 7 heteroatoms. The highest BCUT2D eigenvalue weighted by Crippen LogP contribution is 2.32. The first-order valence-corrected chi connectivity index (χ1v) is 11.2. The standard InChI is InChI=1S/C25H26N4O3/c30-23-20-11-10-17(14-21(20)24(31)29(23)18-6-2-1-3-7-18)28-25(32)26-13-12-16-15-27-22-9-5-4-8-19(16)22/h4-5,8-11,14-15,18,27H,1-3,6-7,12-13H2,(H2,26,28,32). The van der Waals surface area contributed by atoms with Crippen LogP contribution in [-0.2, 0) is 6.42 Å². The van der Waals surface area contributed by atoms with Crippen LogP contribution in [0.25, 0.3) is 10.9 Å². The lowest BCUT2D eigenvalue weighted by molar-refractivity contribution is 0.0549. The maximum Gasteiger partial charge on any atom is 0.319 e. The van der Waals surface area contributed by atoms with Crippen LogP contribution in [0.5, 0.6) is 0 Å². The van der Waals surface area contributed by atoms with E-state index in [1.807, 2.05) is 24.4 Å². The number of aromatic amines is 1. The summed E-state index contributed by atoms with van der Waals surface area (Å²) in [5.41, 5.74) is 3.51. The van der Waals surface area contributed by atoms with Gasteiger partial charge < -0.3 is 15.6 Å². The third-order valence-electron chi connectivity index (χ3n) is 6.47. The molecule has 0 radical (unpaired) electrons. The Kier molecular flexibility index (Phi) is 5.39. The van der Waals surface area contributed by atoms with E-state index in [9.17, 15) is 14.4 Å². The van der Waals surface area contributed by atoms with Crippen molar-refractivity contribution in [1.82, 2.24) is 15.2 Å². The third-order valence-corrected chi connectivity index (χ3v) is 6.47. The van der Waals surface area contributed by atoms with Crippen molar-refractivity contribution < 1.29 is 14.4 Å². The molecule has 7 nitrogen and oxygen atoms in total. The summed E-state index contributed by atoms with van der Waals surface area (Å²) < 4.78 is 0. The molecule has 2 aliphatic rings. The molecule has 0 bridgehead atoms. The Balaban J connectivity index is 1.20. The fourth-order valence-electron chi connectivity index (χ4n) is 4.83. The van der Waals surface area contributed by atoms with E-state index in [-0.39, 0.29) is 23.9 Å². The first-order valence-electron chi connectivity index (χ1n) is 11.2. The van der Waals surface area contributed by atoms with Crippen molar-refractivity contribution in [2.75, 3.05) is 11.9 Å². The predicted molar refractivity (Wildman–Crippen MR) is 123 cm³/mol. The van der Waals surface area contributed by atoms with Gasteiger partial charge in [-0.25, -0.2) is 4.79 Å². The molecule has 2 heterocycles. The summed E-state index contributed by atoms with van der Waals surface area (Å²) >= 11 is 0. The molecule has 1 fully saturated rings. The lowest BCUT2D eigenvalue weighted by Gasteiger charge is -2.29. The Bertz CT molecular complexity index is 1190. The second-order valence-electron chi connectivity index (χ2n) is 8.52. The van der Waals surface area contributed by atoms with Crippen molar-refractivity contribution in [1.29, 1.82) is 0 Å². The van der Waals surface area contributed by atoms with E-state index in [2.05, 4.69) is 21.7 Å². The molecule has 1 aliphatic heterocycles. The van der Waals surface area contributed by atoms with E-state index >= 15 is 0 Å². The molecule has 0 unspecified atom stereocenters. The maximum atomic E-state index is 12.9. The van der Waals surface area contributed by atoms with E-state index in [0.29, 0.717) is 29.8 Å². The van der Waals surface area contributed by atoms with Gasteiger partial charge in [0.1, 0.15) is 0 Å². The zero-order valence-electron chi connectivity index (χ0n) is 17.8. The van der Waals surface area contributed by atoms with E-state index in [1.54, 1.807) is 18.2 Å². The highest BCUT2D eigenvalue weighted by atomic mass is 16.2. The largest absolute Gasteiger partial charge is 0.361 e. The van der Waals surface area contributed by atoms with Crippen molar-refractivity contribution in [3.05, 3.63) is 65.4 Å². The Morgan fingerprint density at radius 3 is 2.62 bits per heavy atom. The monoisotopic (exact) mass is 430 g/mol. The predicted octanol–water partition coefficient (Wildman–Crippen LogP) is 4.46. The number of amides is 4. The van der Waals surface area contributed by atoms with Crippen molar-refractivity contribution in [3.63, 3.8) is 0 Å². The number of anilines is 1. The molecule has 1 saturated carbocycles. The van der Waals surface area contributed by atoms with Gasteiger partial charge >= 0.3 is 6.03 Å². The van der Waals surface area contributed by atoms with Crippen molar-refractivity contribution in [2.45, 2.75) is 44.6 Å². The van der Waals surface area contributed by atoms with Gasteiger partial charge in [-0.3, -0.25) is 14.5 Å². The minimum atomic E-state index is -0.342. The van der Waals surface area contributed by atoms with E-state index in [0.717, 1.165) is 48.6 Å². The average Bonchev–Trinajstić information content (AvgIpc) is 3.33. The molecular weight excluding hydrogens is 404 g/mol. The molecule has 1 aliphatic carbocycles. The Morgan fingerprint density at radius 1 is 1.00 bits per heavy atom. The topological polar surface area (TPSA) is 94.3 Å². The Hall–Kier alpha value is -3.61. The number of hydrogen-bond acceptors (Lipinski definition) is 3. The van der Waals surface area contributed by atoms with Crippen molar-refractivity contribution >= 4 is 34.4 Å². The third kappa shape index (κ3) is 3.75. The van der Waals surface area contributed by atoms with Crippen LogP contribution in [0.2, 0.25) is 0 Å². The summed E-state index contributed by atoms with van der Waals surface area (Å²) in [6, 6.07) is 12.6. The summed E-state index contributed by atoms with van der Waals surface area (Å²) in [7, 11) is 0. The number of nitrogens with zero attached hydrogens (tertiary/aromatic N) is 1. The number of carbonyl (C=O) groups excluding carboxylic acids is 3. The lowest BCUT2D eigenvalue weighted by atomic mass is 9.94. The number of imide groups is 1. The number of fused-ring (bicyclic) bond motifs is 2. The fourth-order valence-corrected chi connectivity index (χ4v) is 4.83. The molecule has 164 valence electrons. The van der Waals surface area contributed by atoms with Crippen LogP contribution in [0.1, 0.15) is 58.4 Å². The van der Waals surface area contributed by atoms with Gasteiger partial charge in [0.25, 0.3) is 11.8 Å². The summed E-state index contributed by atoms with van der Waals surface area (Å²) in [4.78, 5) is 42.7. The number of rotatable bonds is 5. The molecule has 0 saturated heterocycles. The van der Waals surface area contributed by atoms with Crippen LogP contribution in [-0.4, -0.2) is 40.3 Å². The minimum absolute atomic E-state index is 0.0135. The SMILES string of the molecule is O=C(NCCc1c[nH]c2ccccc12)Nc1ccc2c(c1)C(=O)N(C1CCCCC1)C2=O. The van der Waals surface area contributed by atoms with Crippen LogP contribution in [0.15, 0.2) is 48.7 Å². The number of carbonyl (C=O) groups is 3. The van der Waals surface area contributed by atoms with Crippen LogP contribution in [0.3, 0.4) is 0 Å². The molecule has 3 aromatic rings. The smallest absolute Gasteiger partial charge is 0.319 e. The zero-order valence-corrected chi connectivity index (χ0v) is 17.8. The van der Waals surface area contributed by atoms with Gasteiger partial charge in [-0.15, -0.1) is 0 Å². The van der Waals surface area contributed by atoms with Gasteiger partial charge in [-0.2, -0.15) is 0 Å². The van der Waals surface area contributed by atoms with Gasteiger partial charge in [-0.1, -0.05) is 37.5 Å². The molecule has 3 N–H and O–H groups in total. The Labute approximate surface area is 186 Å². The average molecular weight is 431 g/mol.